The minimum Gasteiger partial charge on any atom is -0.451 e. The normalized spacial score (nSPS) is 40.8. The molecular formula is C24H37N2O4PS. The van der Waals surface area contributed by atoms with Gasteiger partial charge in [-0.05, 0) is 77.5 Å². The number of hydrogen-bond acceptors (Lipinski definition) is 7. The molecule has 4 heterocycles. The molecule has 5 rings (SSSR count). The van der Waals surface area contributed by atoms with Crippen LogP contribution in [0.3, 0.4) is 0 Å². The molecule has 2 bridgehead atoms. The second-order valence-electron chi connectivity index (χ2n) is 9.93. The first-order valence-electron chi connectivity index (χ1n) is 12.1. The maximum Gasteiger partial charge on any atom is 0.382 e. The number of nitrogens with one attached hydrogen (secondary N) is 1. The minimum atomic E-state index is -0.271. The Labute approximate surface area is 198 Å². The van der Waals surface area contributed by atoms with Gasteiger partial charge in [0.25, 0.3) is 0 Å². The van der Waals surface area contributed by atoms with Crippen LogP contribution in [0, 0.1) is 23.2 Å². The summed E-state index contributed by atoms with van der Waals surface area (Å²) < 4.78 is 21.7. The van der Waals surface area contributed by atoms with Crippen LogP contribution in [0.15, 0.2) is 11.6 Å². The molecule has 0 aromatic rings. The first-order chi connectivity index (χ1) is 15.5. The average Bonchev–Trinajstić information content (AvgIpc) is 3.53. The second-order valence-corrected chi connectivity index (χ2v) is 13.3. The van der Waals surface area contributed by atoms with Crippen LogP contribution < -0.4 is 4.72 Å². The average molecular weight is 481 g/mol. The molecular weight excluding hydrogens is 443 g/mol. The molecule has 4 aliphatic heterocycles. The van der Waals surface area contributed by atoms with E-state index in [1.165, 1.54) is 24.3 Å². The van der Waals surface area contributed by atoms with E-state index in [2.05, 4.69) is 30.7 Å². The highest BCUT2D eigenvalue weighted by molar-refractivity contribution is 8.11. The van der Waals surface area contributed by atoms with Crippen molar-refractivity contribution in [3.05, 3.63) is 11.6 Å². The van der Waals surface area contributed by atoms with Gasteiger partial charge in [-0.25, -0.2) is 4.79 Å². The van der Waals surface area contributed by atoms with Crippen molar-refractivity contribution >= 4 is 25.2 Å². The Balaban J connectivity index is 1.34. The second kappa shape index (κ2) is 10.7. The van der Waals surface area contributed by atoms with E-state index in [4.69, 9.17) is 19.5 Å². The van der Waals surface area contributed by atoms with Crippen LogP contribution in [0.1, 0.15) is 65.2 Å². The van der Waals surface area contributed by atoms with Crippen molar-refractivity contribution in [2.45, 2.75) is 94.9 Å². The molecule has 5 aliphatic rings. The van der Waals surface area contributed by atoms with Gasteiger partial charge >= 0.3 is 5.30 Å². The van der Waals surface area contributed by atoms with Gasteiger partial charge in [-0.2, -0.15) is 5.26 Å². The smallest absolute Gasteiger partial charge is 0.382 e. The molecule has 5 fully saturated rings. The Morgan fingerprint density at radius 3 is 2.75 bits per heavy atom. The van der Waals surface area contributed by atoms with E-state index in [1.54, 1.807) is 7.11 Å². The maximum absolute atomic E-state index is 12.7. The highest BCUT2D eigenvalue weighted by Crippen LogP contribution is 2.77. The quantitative estimate of drug-likeness (QED) is 0.175. The number of nitrogens with zero attached hydrogens (tertiary/aromatic N) is 1. The summed E-state index contributed by atoms with van der Waals surface area (Å²) in [6.07, 6.45) is 12.4. The summed E-state index contributed by atoms with van der Waals surface area (Å²) in [5.74, 6) is 0.487. The van der Waals surface area contributed by atoms with Gasteiger partial charge in [0.05, 0.1) is 12.2 Å². The SMILES string of the molecule is COC1C(OC(=O)SNC2CCC(C#N)CC2)CCCCP2CC1[C@]21O[C@@H]1CC=C(C)C. The molecule has 0 amide bonds. The van der Waals surface area contributed by atoms with Crippen LogP contribution in [0.2, 0.25) is 0 Å². The first kappa shape index (κ1) is 24.5. The molecule has 1 spiro atoms. The zero-order valence-electron chi connectivity index (χ0n) is 19.5. The number of epoxide rings is 1. The lowest BCUT2D eigenvalue weighted by atomic mass is 9.88. The monoisotopic (exact) mass is 480 g/mol. The molecule has 1 saturated carbocycles. The highest BCUT2D eigenvalue weighted by atomic mass is 32.2. The number of ether oxygens (including phenoxy) is 3. The standard InChI is InChI=1S/C24H37N2O4PS/c1-16(2)7-12-21-24(30-21)19-15-31(24)13-5-4-6-20(22(19)28-3)29-23(27)32-26-18-10-8-17(14-25)9-11-18/h7,17-22,26H,4-6,8-13,15H2,1-3H3/t17?,18?,19?,20?,21-,22?,24+,31?/m1/s1. The summed E-state index contributed by atoms with van der Waals surface area (Å²) in [6, 6.07) is 2.62. The topological polar surface area (TPSA) is 83.9 Å². The Morgan fingerprint density at radius 1 is 1.28 bits per heavy atom. The summed E-state index contributed by atoms with van der Waals surface area (Å²) in [7, 11) is 1.64. The fraction of sp³-hybridized carbons (Fsp3) is 0.833. The largest absolute Gasteiger partial charge is 0.451 e. The molecule has 6 atom stereocenters. The summed E-state index contributed by atoms with van der Waals surface area (Å²) in [4.78, 5) is 12.7. The van der Waals surface area contributed by atoms with Crippen molar-refractivity contribution in [1.82, 2.24) is 4.72 Å². The number of nitriles is 1. The zero-order chi connectivity index (χ0) is 22.7. The summed E-state index contributed by atoms with van der Waals surface area (Å²) in [5.41, 5.74) is 1.33. The van der Waals surface area contributed by atoms with Crippen molar-refractivity contribution in [2.75, 3.05) is 19.4 Å². The fourth-order valence-corrected chi connectivity index (χ4v) is 9.95. The van der Waals surface area contributed by atoms with Crippen LogP contribution >= 0.6 is 19.9 Å². The van der Waals surface area contributed by atoms with E-state index in [1.807, 2.05) is 0 Å². The number of rotatable bonds is 6. The molecule has 1 aliphatic carbocycles. The lowest BCUT2D eigenvalue weighted by Crippen LogP contribution is -2.52. The first-order valence-corrected chi connectivity index (χ1v) is 14.6. The van der Waals surface area contributed by atoms with Crippen LogP contribution in [0.25, 0.3) is 0 Å². The van der Waals surface area contributed by atoms with Crippen molar-refractivity contribution in [3.8, 4) is 6.07 Å². The van der Waals surface area contributed by atoms with Crippen LogP contribution in [0.5, 0.6) is 0 Å². The Hall–Kier alpha value is -0.640. The van der Waals surface area contributed by atoms with Gasteiger partial charge in [-0.15, -0.1) is 0 Å². The molecule has 8 heteroatoms. The summed E-state index contributed by atoms with van der Waals surface area (Å²) in [6.45, 7) is 4.28. The van der Waals surface area contributed by atoms with E-state index in [0.29, 0.717) is 12.0 Å². The predicted molar refractivity (Wildman–Crippen MR) is 129 cm³/mol. The Morgan fingerprint density at radius 2 is 2.06 bits per heavy atom. The van der Waals surface area contributed by atoms with Crippen LogP contribution in [-0.4, -0.2) is 54.4 Å². The van der Waals surface area contributed by atoms with Crippen molar-refractivity contribution in [2.24, 2.45) is 11.8 Å². The van der Waals surface area contributed by atoms with Crippen LogP contribution in [0.4, 0.5) is 4.79 Å². The van der Waals surface area contributed by atoms with Crippen molar-refractivity contribution < 1.29 is 19.0 Å². The van der Waals surface area contributed by atoms with Gasteiger partial charge in [0.1, 0.15) is 17.6 Å². The van der Waals surface area contributed by atoms with Gasteiger partial charge in [-0.3, -0.25) is 4.72 Å². The highest BCUT2D eigenvalue weighted by Gasteiger charge is 2.73. The third-order valence-electron chi connectivity index (χ3n) is 7.59. The van der Waals surface area contributed by atoms with Crippen LogP contribution in [-0.2, 0) is 14.2 Å². The van der Waals surface area contributed by atoms with Crippen molar-refractivity contribution in [1.29, 1.82) is 5.26 Å². The minimum absolute atomic E-state index is 0.0122. The van der Waals surface area contributed by atoms with Crippen molar-refractivity contribution in [3.63, 3.8) is 0 Å². The Kier molecular flexibility index (Phi) is 8.22. The third-order valence-corrected chi connectivity index (χ3v) is 11.7. The lowest BCUT2D eigenvalue weighted by Gasteiger charge is -2.48. The van der Waals surface area contributed by atoms with E-state index in [-0.39, 0.29) is 42.7 Å². The molecule has 32 heavy (non-hydrogen) atoms. The molecule has 0 radical (unpaired) electrons. The van der Waals surface area contributed by atoms with E-state index in [0.717, 1.165) is 56.9 Å². The summed E-state index contributed by atoms with van der Waals surface area (Å²) in [5, 5.41) is 8.77. The lowest BCUT2D eigenvalue weighted by molar-refractivity contribution is -0.0580. The molecule has 0 aromatic carbocycles. The van der Waals surface area contributed by atoms with Gasteiger partial charge in [0, 0.05) is 36.9 Å². The summed E-state index contributed by atoms with van der Waals surface area (Å²) >= 11 is 1.07. The van der Waals surface area contributed by atoms with Gasteiger partial charge in [0.15, 0.2) is 0 Å². The maximum atomic E-state index is 12.7. The number of methoxy groups -OCH3 is 1. The van der Waals surface area contributed by atoms with Gasteiger partial charge < -0.3 is 14.2 Å². The molecule has 1 N–H and O–H groups in total. The van der Waals surface area contributed by atoms with Gasteiger partial charge in [-0.1, -0.05) is 19.6 Å². The zero-order valence-corrected chi connectivity index (χ0v) is 21.3. The number of carbonyl (C=O) groups is 1. The van der Waals surface area contributed by atoms with E-state index < -0.39 is 0 Å². The molecule has 4 saturated heterocycles. The third kappa shape index (κ3) is 5.20. The van der Waals surface area contributed by atoms with E-state index in [9.17, 15) is 4.79 Å². The molecule has 4 unspecified atom stereocenters. The molecule has 6 nitrogen and oxygen atoms in total. The van der Waals surface area contributed by atoms with Gasteiger partial charge in [0.2, 0.25) is 0 Å². The number of hydrogen-bond donors (Lipinski definition) is 1. The Bertz CT molecular complexity index is 747. The molecule has 0 aromatic heterocycles. The van der Waals surface area contributed by atoms with E-state index >= 15 is 0 Å². The molecule has 178 valence electrons. The fourth-order valence-electron chi connectivity index (χ4n) is 5.73. The number of carbonyl (C=O) groups excluding carboxylic acids is 1. The number of fused-ring (bicyclic) bond motifs is 5. The predicted octanol–water partition coefficient (Wildman–Crippen LogP) is 5.57. The number of allylic oxidation sites excluding steroid dienone is 1.